The molecule has 25 heavy (non-hydrogen) atoms. The number of aromatic nitrogens is 2. The summed E-state index contributed by atoms with van der Waals surface area (Å²) in [6.07, 6.45) is 3.79. The predicted molar refractivity (Wildman–Crippen MR) is 101 cm³/mol. The molecule has 2 aromatic rings. The Morgan fingerprint density at radius 2 is 2.12 bits per heavy atom. The first-order valence-electron chi connectivity index (χ1n) is 9.60. The van der Waals surface area contributed by atoms with Gasteiger partial charge in [-0.15, -0.1) is 0 Å². The van der Waals surface area contributed by atoms with Gasteiger partial charge in [0.2, 0.25) is 5.91 Å². The third-order valence-electron chi connectivity index (χ3n) is 5.42. The number of piperidine rings is 1. The van der Waals surface area contributed by atoms with Gasteiger partial charge in [-0.2, -0.15) is 0 Å². The third-order valence-corrected chi connectivity index (χ3v) is 5.42. The van der Waals surface area contributed by atoms with Gasteiger partial charge in [0.15, 0.2) is 0 Å². The van der Waals surface area contributed by atoms with Crippen molar-refractivity contribution in [2.24, 2.45) is 11.8 Å². The number of imidazole rings is 1. The highest BCUT2D eigenvalue weighted by atomic mass is 16.1. The number of nitrogens with one attached hydrogen (secondary N) is 2. The average Bonchev–Trinajstić information content (AvgIpc) is 2.99. The van der Waals surface area contributed by atoms with Crippen molar-refractivity contribution in [2.75, 3.05) is 19.6 Å². The predicted octanol–water partition coefficient (Wildman–Crippen LogP) is 2.74. The molecule has 136 valence electrons. The van der Waals surface area contributed by atoms with Crippen LogP contribution in [0, 0.1) is 11.8 Å². The van der Waals surface area contributed by atoms with Gasteiger partial charge in [-0.25, -0.2) is 4.98 Å². The molecule has 5 nitrogen and oxygen atoms in total. The minimum atomic E-state index is 0.171. The molecule has 3 rings (SSSR count). The zero-order valence-electron chi connectivity index (χ0n) is 15.4. The first-order chi connectivity index (χ1) is 12.2. The molecule has 2 N–H and O–H groups in total. The lowest BCUT2D eigenvalue weighted by Gasteiger charge is -2.27. The van der Waals surface area contributed by atoms with E-state index in [9.17, 15) is 4.79 Å². The molecule has 0 spiro atoms. The highest BCUT2D eigenvalue weighted by molar-refractivity contribution is 5.77. The number of rotatable bonds is 7. The van der Waals surface area contributed by atoms with Crippen LogP contribution in [0.4, 0.5) is 0 Å². The van der Waals surface area contributed by atoms with Crippen molar-refractivity contribution in [1.82, 2.24) is 20.2 Å². The Balaban J connectivity index is 1.50. The molecule has 1 aliphatic rings. The van der Waals surface area contributed by atoms with E-state index < -0.39 is 0 Å². The van der Waals surface area contributed by atoms with Crippen molar-refractivity contribution in [2.45, 2.75) is 46.1 Å². The van der Waals surface area contributed by atoms with E-state index in [0.717, 1.165) is 37.4 Å². The highest BCUT2D eigenvalue weighted by Gasteiger charge is 2.21. The van der Waals surface area contributed by atoms with Crippen LogP contribution in [0.15, 0.2) is 24.3 Å². The van der Waals surface area contributed by atoms with E-state index in [2.05, 4.69) is 35.1 Å². The summed E-state index contributed by atoms with van der Waals surface area (Å²) in [6.45, 7) is 8.08. The summed E-state index contributed by atoms with van der Waals surface area (Å²) < 4.78 is 2.24. The van der Waals surface area contributed by atoms with E-state index in [1.54, 1.807) is 0 Å². The van der Waals surface area contributed by atoms with Crippen molar-refractivity contribution < 1.29 is 4.79 Å². The largest absolute Gasteiger partial charge is 0.356 e. The van der Waals surface area contributed by atoms with Gasteiger partial charge in [-0.1, -0.05) is 19.1 Å². The van der Waals surface area contributed by atoms with E-state index >= 15 is 0 Å². The van der Waals surface area contributed by atoms with Crippen molar-refractivity contribution in [3.05, 3.63) is 30.1 Å². The number of fused-ring (bicyclic) bond motifs is 1. The van der Waals surface area contributed by atoms with Crippen molar-refractivity contribution in [1.29, 1.82) is 0 Å². The summed E-state index contributed by atoms with van der Waals surface area (Å²) in [5.41, 5.74) is 2.20. The summed E-state index contributed by atoms with van der Waals surface area (Å²) in [6, 6.07) is 8.21. The average molecular weight is 342 g/mol. The van der Waals surface area contributed by atoms with Crippen molar-refractivity contribution in [3.63, 3.8) is 0 Å². The Labute approximate surface area is 150 Å². The molecular formula is C20H30N4O. The number of aryl methyl sites for hydroxylation is 1. The number of para-hydroxylation sites is 2. The molecule has 1 amide bonds. The number of nitrogens with zero attached hydrogens (tertiary/aromatic N) is 2. The number of hydrogen-bond donors (Lipinski definition) is 2. The number of amides is 1. The zero-order valence-corrected chi connectivity index (χ0v) is 15.4. The van der Waals surface area contributed by atoms with Gasteiger partial charge in [-0.05, 0) is 56.8 Å². The minimum absolute atomic E-state index is 0.171. The Hall–Kier alpha value is -1.88. The molecule has 5 heteroatoms. The van der Waals surface area contributed by atoms with Crippen molar-refractivity contribution in [3.8, 4) is 0 Å². The van der Waals surface area contributed by atoms with Crippen LogP contribution in [-0.4, -0.2) is 35.1 Å². The first kappa shape index (κ1) is 17.9. The van der Waals surface area contributed by atoms with E-state index in [4.69, 9.17) is 4.98 Å². The van der Waals surface area contributed by atoms with Crippen LogP contribution in [0.5, 0.6) is 0 Å². The Morgan fingerprint density at radius 3 is 2.88 bits per heavy atom. The molecular weight excluding hydrogens is 312 g/mol. The minimum Gasteiger partial charge on any atom is -0.356 e. The van der Waals surface area contributed by atoms with Gasteiger partial charge < -0.3 is 15.2 Å². The maximum absolute atomic E-state index is 12.3. The van der Waals surface area contributed by atoms with Gasteiger partial charge in [0.05, 0.1) is 11.0 Å². The lowest BCUT2D eigenvalue weighted by Crippen LogP contribution is -2.34. The summed E-state index contributed by atoms with van der Waals surface area (Å²) >= 11 is 0. The summed E-state index contributed by atoms with van der Waals surface area (Å²) in [4.78, 5) is 17.0. The molecule has 1 unspecified atom stereocenters. The fourth-order valence-corrected chi connectivity index (χ4v) is 3.93. The summed E-state index contributed by atoms with van der Waals surface area (Å²) in [5, 5.41) is 6.48. The number of carbonyl (C=O) groups excluding carboxylic acids is 1. The number of hydrogen-bond acceptors (Lipinski definition) is 3. The van der Waals surface area contributed by atoms with Gasteiger partial charge in [0, 0.05) is 25.9 Å². The normalized spacial score (nSPS) is 16.9. The summed E-state index contributed by atoms with van der Waals surface area (Å²) in [5.74, 6) is 2.36. The molecule has 1 aliphatic heterocycles. The maximum atomic E-state index is 12.3. The van der Waals surface area contributed by atoms with Crippen LogP contribution in [0.1, 0.15) is 38.9 Å². The lowest BCUT2D eigenvalue weighted by molar-refractivity contribution is -0.122. The molecule has 0 radical (unpaired) electrons. The molecule has 1 atom stereocenters. The van der Waals surface area contributed by atoms with Gasteiger partial charge in [0.25, 0.3) is 0 Å². The van der Waals surface area contributed by atoms with Crippen molar-refractivity contribution >= 4 is 16.9 Å². The van der Waals surface area contributed by atoms with Gasteiger partial charge >= 0.3 is 0 Å². The van der Waals surface area contributed by atoms with Gasteiger partial charge in [0.1, 0.15) is 5.82 Å². The number of carbonyl (C=O) groups is 1. The summed E-state index contributed by atoms with van der Waals surface area (Å²) in [7, 11) is 0. The second-order valence-electron chi connectivity index (χ2n) is 7.13. The van der Waals surface area contributed by atoms with E-state index in [1.165, 1.54) is 18.4 Å². The highest BCUT2D eigenvalue weighted by Crippen LogP contribution is 2.24. The lowest BCUT2D eigenvalue weighted by atomic mass is 9.84. The molecule has 0 aliphatic carbocycles. The molecule has 0 bridgehead atoms. The van der Waals surface area contributed by atoms with Gasteiger partial charge in [-0.3, -0.25) is 4.79 Å². The van der Waals surface area contributed by atoms with Crippen LogP contribution in [-0.2, 0) is 17.8 Å². The standard InChI is InChI=1S/C20H30N4O/c1-3-24-18-7-5-4-6-17(18)23-19(24)10-13-22-20(25)14-15(2)16-8-11-21-12-9-16/h4-7,15-16,21H,3,8-14H2,1-2H3,(H,22,25). The fraction of sp³-hybridized carbons (Fsp3) is 0.600. The second-order valence-corrected chi connectivity index (χ2v) is 7.13. The molecule has 1 aromatic heterocycles. The van der Waals surface area contributed by atoms with Crippen LogP contribution in [0.2, 0.25) is 0 Å². The van der Waals surface area contributed by atoms with Crippen LogP contribution in [0.3, 0.4) is 0 Å². The second kappa shape index (κ2) is 8.48. The van der Waals surface area contributed by atoms with Crippen LogP contribution < -0.4 is 10.6 Å². The van der Waals surface area contributed by atoms with E-state index in [0.29, 0.717) is 24.8 Å². The fourth-order valence-electron chi connectivity index (χ4n) is 3.93. The smallest absolute Gasteiger partial charge is 0.220 e. The van der Waals surface area contributed by atoms with Crippen LogP contribution >= 0.6 is 0 Å². The molecule has 2 heterocycles. The quantitative estimate of drug-likeness (QED) is 0.813. The monoisotopic (exact) mass is 342 g/mol. The molecule has 1 aromatic carbocycles. The Bertz CT molecular complexity index is 703. The molecule has 0 saturated carbocycles. The topological polar surface area (TPSA) is 59.0 Å². The third kappa shape index (κ3) is 4.40. The van der Waals surface area contributed by atoms with E-state index in [-0.39, 0.29) is 5.91 Å². The molecule has 1 saturated heterocycles. The maximum Gasteiger partial charge on any atom is 0.220 e. The Kier molecular flexibility index (Phi) is 6.08. The first-order valence-corrected chi connectivity index (χ1v) is 9.60. The SMILES string of the molecule is CCn1c(CCNC(=O)CC(C)C2CCNCC2)nc2ccccc21. The zero-order chi connectivity index (χ0) is 17.6. The number of benzene rings is 1. The van der Waals surface area contributed by atoms with E-state index in [1.807, 2.05) is 18.2 Å². The Morgan fingerprint density at radius 1 is 1.36 bits per heavy atom. The van der Waals surface area contributed by atoms with Crippen LogP contribution in [0.25, 0.3) is 11.0 Å². The molecule has 1 fully saturated rings.